The van der Waals surface area contributed by atoms with E-state index in [1.807, 2.05) is 12.1 Å². The Bertz CT molecular complexity index is 471. The molecule has 0 N–H and O–H groups in total. The molecule has 1 saturated carbocycles. The number of benzene rings is 1. The zero-order valence-corrected chi connectivity index (χ0v) is 11.5. The first-order chi connectivity index (χ1) is 8.68. The van der Waals surface area contributed by atoms with E-state index < -0.39 is 0 Å². The van der Waals surface area contributed by atoms with Gasteiger partial charge in [-0.15, -0.1) is 0 Å². The Morgan fingerprint density at radius 3 is 1.94 bits per heavy atom. The highest BCUT2D eigenvalue weighted by Crippen LogP contribution is 2.32. The molecule has 0 saturated heterocycles. The normalized spacial score (nSPS) is 27.5. The lowest BCUT2D eigenvalue weighted by Gasteiger charge is -2.31. The molecule has 1 aromatic rings. The maximum Gasteiger partial charge on any atom is 0.261 e. The topological polar surface area (TPSA) is 37.4 Å². The van der Waals surface area contributed by atoms with Crippen LogP contribution in [0.15, 0.2) is 24.3 Å². The number of amides is 2. The number of halogens is 1. The van der Waals surface area contributed by atoms with Crippen molar-refractivity contribution in [3.05, 3.63) is 35.4 Å². The van der Waals surface area contributed by atoms with Crippen molar-refractivity contribution < 1.29 is 9.59 Å². The molecular formula is C14H14BrNO2. The minimum absolute atomic E-state index is 0.0752. The third-order valence-corrected chi connectivity index (χ3v) is 4.73. The number of imide groups is 1. The van der Waals surface area contributed by atoms with Crippen molar-refractivity contribution in [3.8, 4) is 0 Å². The molecule has 1 aliphatic heterocycles. The third-order valence-electron chi connectivity index (χ3n) is 3.82. The molecule has 2 amide bonds. The second kappa shape index (κ2) is 4.50. The molecule has 1 aliphatic carbocycles. The molecule has 0 atom stereocenters. The number of carbonyl (C=O) groups is 2. The quantitative estimate of drug-likeness (QED) is 0.591. The Morgan fingerprint density at radius 1 is 0.944 bits per heavy atom. The number of alkyl halides is 1. The van der Waals surface area contributed by atoms with Crippen LogP contribution >= 0.6 is 15.9 Å². The molecule has 0 bridgehead atoms. The molecule has 0 unspecified atom stereocenters. The summed E-state index contributed by atoms with van der Waals surface area (Å²) in [6.45, 7) is 0. The SMILES string of the molecule is O=C1c2ccccc2C(=O)N1C1CCC(Br)CC1. The van der Waals surface area contributed by atoms with E-state index >= 15 is 0 Å². The van der Waals surface area contributed by atoms with Gasteiger partial charge < -0.3 is 0 Å². The van der Waals surface area contributed by atoms with Crippen LogP contribution in [0.2, 0.25) is 0 Å². The fourth-order valence-corrected chi connectivity index (χ4v) is 3.36. The maximum atomic E-state index is 12.3. The first-order valence-electron chi connectivity index (χ1n) is 6.29. The first kappa shape index (κ1) is 11.9. The minimum atomic E-state index is -0.117. The monoisotopic (exact) mass is 307 g/mol. The average Bonchev–Trinajstić information content (AvgIpc) is 2.64. The van der Waals surface area contributed by atoms with E-state index in [9.17, 15) is 9.59 Å². The molecule has 4 heteroatoms. The van der Waals surface area contributed by atoms with Gasteiger partial charge in [0.15, 0.2) is 0 Å². The lowest BCUT2D eigenvalue weighted by atomic mass is 9.94. The van der Waals surface area contributed by atoms with Crippen LogP contribution < -0.4 is 0 Å². The standard InChI is InChI=1S/C14H14BrNO2/c15-9-5-7-10(8-6-9)16-13(17)11-3-1-2-4-12(11)14(16)18/h1-4,9-10H,5-8H2. The van der Waals surface area contributed by atoms with Gasteiger partial charge in [0.2, 0.25) is 0 Å². The maximum absolute atomic E-state index is 12.3. The summed E-state index contributed by atoms with van der Waals surface area (Å²) >= 11 is 3.59. The van der Waals surface area contributed by atoms with Gasteiger partial charge in [-0.3, -0.25) is 14.5 Å². The van der Waals surface area contributed by atoms with Crippen LogP contribution in [-0.4, -0.2) is 27.6 Å². The Kier molecular flexibility index (Phi) is 2.98. The van der Waals surface area contributed by atoms with Crippen LogP contribution in [0.25, 0.3) is 0 Å². The van der Waals surface area contributed by atoms with E-state index in [0.717, 1.165) is 25.7 Å². The highest BCUT2D eigenvalue weighted by atomic mass is 79.9. The van der Waals surface area contributed by atoms with Crippen molar-refractivity contribution in [2.45, 2.75) is 36.6 Å². The van der Waals surface area contributed by atoms with Crippen molar-refractivity contribution >= 4 is 27.7 Å². The van der Waals surface area contributed by atoms with Gasteiger partial charge in [-0.25, -0.2) is 0 Å². The zero-order chi connectivity index (χ0) is 12.7. The van der Waals surface area contributed by atoms with Crippen molar-refractivity contribution in [3.63, 3.8) is 0 Å². The number of hydrogen-bond acceptors (Lipinski definition) is 2. The number of hydrogen-bond donors (Lipinski definition) is 0. The van der Waals surface area contributed by atoms with Crippen LogP contribution in [-0.2, 0) is 0 Å². The Balaban J connectivity index is 1.88. The summed E-state index contributed by atoms with van der Waals surface area (Å²) in [5.74, 6) is -0.234. The molecule has 0 aromatic heterocycles. The molecule has 2 aliphatic rings. The van der Waals surface area contributed by atoms with Gasteiger partial charge in [-0.05, 0) is 37.8 Å². The summed E-state index contributed by atoms with van der Waals surface area (Å²) < 4.78 is 0. The molecule has 3 nitrogen and oxygen atoms in total. The Hall–Kier alpha value is -1.16. The molecule has 0 spiro atoms. The van der Waals surface area contributed by atoms with Crippen LogP contribution in [0.3, 0.4) is 0 Å². The van der Waals surface area contributed by atoms with Crippen LogP contribution in [0.4, 0.5) is 0 Å². The first-order valence-corrected chi connectivity index (χ1v) is 7.21. The fraction of sp³-hybridized carbons (Fsp3) is 0.429. The number of rotatable bonds is 1. The van der Waals surface area contributed by atoms with E-state index in [-0.39, 0.29) is 17.9 Å². The van der Waals surface area contributed by atoms with Crippen molar-refractivity contribution in [2.75, 3.05) is 0 Å². The van der Waals surface area contributed by atoms with Crippen molar-refractivity contribution in [1.82, 2.24) is 4.90 Å². The van der Waals surface area contributed by atoms with Gasteiger partial charge in [-0.2, -0.15) is 0 Å². The summed E-state index contributed by atoms with van der Waals surface area (Å²) in [4.78, 5) is 26.6. The highest BCUT2D eigenvalue weighted by molar-refractivity contribution is 9.09. The smallest absolute Gasteiger partial charge is 0.261 e. The largest absolute Gasteiger partial charge is 0.271 e. The Labute approximate surface area is 114 Å². The lowest BCUT2D eigenvalue weighted by Crippen LogP contribution is -2.42. The van der Waals surface area contributed by atoms with E-state index in [1.165, 1.54) is 4.90 Å². The van der Waals surface area contributed by atoms with Crippen LogP contribution in [0, 0.1) is 0 Å². The number of fused-ring (bicyclic) bond motifs is 1. The average molecular weight is 308 g/mol. The summed E-state index contributed by atoms with van der Waals surface area (Å²) in [5, 5.41) is 0. The second-order valence-corrected chi connectivity index (χ2v) is 6.23. The van der Waals surface area contributed by atoms with Gasteiger partial charge in [0, 0.05) is 10.9 Å². The molecule has 18 heavy (non-hydrogen) atoms. The zero-order valence-electron chi connectivity index (χ0n) is 9.93. The molecule has 3 rings (SSSR count). The molecular weight excluding hydrogens is 294 g/mol. The fourth-order valence-electron chi connectivity index (χ4n) is 2.83. The van der Waals surface area contributed by atoms with Crippen molar-refractivity contribution in [2.24, 2.45) is 0 Å². The van der Waals surface area contributed by atoms with Crippen LogP contribution in [0.5, 0.6) is 0 Å². The highest BCUT2D eigenvalue weighted by Gasteiger charge is 2.40. The minimum Gasteiger partial charge on any atom is -0.271 e. The number of nitrogens with zero attached hydrogens (tertiary/aromatic N) is 1. The van der Waals surface area contributed by atoms with Crippen molar-refractivity contribution in [1.29, 1.82) is 0 Å². The van der Waals surface area contributed by atoms with Crippen LogP contribution in [0.1, 0.15) is 46.4 Å². The summed E-state index contributed by atoms with van der Waals surface area (Å²) in [7, 11) is 0. The van der Waals surface area contributed by atoms with Gasteiger partial charge in [0.05, 0.1) is 11.1 Å². The molecule has 0 radical (unpaired) electrons. The third kappa shape index (κ3) is 1.79. The molecule has 94 valence electrons. The van der Waals surface area contributed by atoms with E-state index in [2.05, 4.69) is 15.9 Å². The summed E-state index contributed by atoms with van der Waals surface area (Å²) in [5.41, 5.74) is 1.12. The lowest BCUT2D eigenvalue weighted by molar-refractivity contribution is 0.0551. The van der Waals surface area contributed by atoms with Gasteiger partial charge >= 0.3 is 0 Å². The molecule has 1 aromatic carbocycles. The predicted molar refractivity (Wildman–Crippen MR) is 71.9 cm³/mol. The van der Waals surface area contributed by atoms with E-state index in [4.69, 9.17) is 0 Å². The summed E-state index contributed by atoms with van der Waals surface area (Å²) in [6.07, 6.45) is 3.86. The molecule has 1 fully saturated rings. The van der Waals surface area contributed by atoms with Gasteiger partial charge in [0.1, 0.15) is 0 Å². The number of carbonyl (C=O) groups excluding carboxylic acids is 2. The van der Waals surface area contributed by atoms with E-state index in [1.54, 1.807) is 12.1 Å². The van der Waals surface area contributed by atoms with E-state index in [0.29, 0.717) is 16.0 Å². The van der Waals surface area contributed by atoms with Gasteiger partial charge in [0.25, 0.3) is 11.8 Å². The second-order valence-electron chi connectivity index (χ2n) is 4.93. The van der Waals surface area contributed by atoms with Gasteiger partial charge in [-0.1, -0.05) is 28.1 Å². The summed E-state index contributed by atoms with van der Waals surface area (Å²) in [6, 6.07) is 7.18. The Morgan fingerprint density at radius 2 is 1.44 bits per heavy atom. The molecule has 1 heterocycles. The predicted octanol–water partition coefficient (Wildman–Crippen LogP) is 2.99.